The van der Waals surface area contributed by atoms with E-state index in [1.165, 1.54) is 49.7 Å². The summed E-state index contributed by atoms with van der Waals surface area (Å²) in [6.07, 6.45) is 12.0. The second kappa shape index (κ2) is 8.35. The van der Waals surface area contributed by atoms with Crippen molar-refractivity contribution in [2.75, 3.05) is 43.8 Å². The van der Waals surface area contributed by atoms with Crippen LogP contribution in [0.5, 0.6) is 0 Å². The van der Waals surface area contributed by atoms with Crippen molar-refractivity contribution < 1.29 is 0 Å². The molecule has 6 nitrogen and oxygen atoms in total. The number of nitrogen functional groups attached to an aromatic ring is 1. The van der Waals surface area contributed by atoms with Crippen LogP contribution in [0.15, 0.2) is 11.6 Å². The van der Waals surface area contributed by atoms with E-state index in [9.17, 15) is 0 Å². The molecule has 1 aromatic heterocycles. The molecule has 1 aromatic rings. The molecule has 0 spiro atoms. The van der Waals surface area contributed by atoms with Crippen LogP contribution in [0.4, 0.5) is 11.8 Å². The fourth-order valence-corrected chi connectivity index (χ4v) is 4.55. The van der Waals surface area contributed by atoms with Crippen molar-refractivity contribution in [3.8, 4) is 0 Å². The minimum atomic E-state index is 0.400. The Balaban J connectivity index is 1.46. The molecule has 0 unspecified atom stereocenters. The van der Waals surface area contributed by atoms with E-state index < -0.39 is 0 Å². The van der Waals surface area contributed by atoms with Gasteiger partial charge in [-0.3, -0.25) is 4.90 Å². The molecule has 1 fully saturated rings. The molecule has 1 saturated heterocycles. The van der Waals surface area contributed by atoms with Crippen LogP contribution in [-0.4, -0.2) is 53.6 Å². The summed E-state index contributed by atoms with van der Waals surface area (Å²) in [5.41, 5.74) is 9.95. The average Bonchev–Trinajstić information content (AvgIpc) is 2.90. The molecule has 2 aliphatic heterocycles. The second-order valence-electron chi connectivity index (χ2n) is 7.85. The zero-order valence-corrected chi connectivity index (χ0v) is 15.8. The van der Waals surface area contributed by atoms with Crippen LogP contribution >= 0.6 is 0 Å². The van der Waals surface area contributed by atoms with Gasteiger partial charge < -0.3 is 16.4 Å². The number of aromatic nitrogens is 2. The Morgan fingerprint density at radius 1 is 1.15 bits per heavy atom. The van der Waals surface area contributed by atoms with Gasteiger partial charge in [-0.25, -0.2) is 4.98 Å². The van der Waals surface area contributed by atoms with Crippen molar-refractivity contribution in [2.45, 2.75) is 57.4 Å². The Labute approximate surface area is 156 Å². The number of nitrogens with two attached hydrogens (primary N) is 1. The van der Waals surface area contributed by atoms with E-state index in [-0.39, 0.29) is 0 Å². The molecule has 0 aromatic carbocycles. The number of allylic oxidation sites excluding steroid dienone is 1. The monoisotopic (exact) mass is 356 g/mol. The van der Waals surface area contributed by atoms with Gasteiger partial charge in [-0.1, -0.05) is 11.6 Å². The summed E-state index contributed by atoms with van der Waals surface area (Å²) in [5, 5.41) is 7.12. The lowest BCUT2D eigenvalue weighted by atomic mass is 9.99. The second-order valence-corrected chi connectivity index (χ2v) is 7.85. The first-order valence-corrected chi connectivity index (χ1v) is 10.3. The minimum absolute atomic E-state index is 0.400. The van der Waals surface area contributed by atoms with Gasteiger partial charge in [-0.2, -0.15) is 4.98 Å². The lowest BCUT2D eigenvalue weighted by molar-refractivity contribution is 0.173. The van der Waals surface area contributed by atoms with Crippen LogP contribution in [0.3, 0.4) is 0 Å². The summed E-state index contributed by atoms with van der Waals surface area (Å²) in [4.78, 5) is 11.8. The lowest BCUT2D eigenvalue weighted by Gasteiger charge is -2.33. The molecule has 1 aliphatic carbocycles. The first kappa shape index (κ1) is 17.7. The van der Waals surface area contributed by atoms with Crippen molar-refractivity contribution in [2.24, 2.45) is 0 Å². The van der Waals surface area contributed by atoms with Crippen LogP contribution in [0, 0.1) is 0 Å². The highest BCUT2D eigenvalue weighted by molar-refractivity contribution is 5.51. The van der Waals surface area contributed by atoms with Crippen molar-refractivity contribution >= 4 is 11.8 Å². The molecule has 0 radical (unpaired) electrons. The van der Waals surface area contributed by atoms with Gasteiger partial charge in [-0.05, 0) is 51.5 Å². The third-order valence-electron chi connectivity index (χ3n) is 6.05. The van der Waals surface area contributed by atoms with Crippen molar-refractivity contribution in [3.63, 3.8) is 0 Å². The molecule has 3 aliphatic rings. The lowest BCUT2D eigenvalue weighted by Crippen LogP contribution is -2.46. The topological polar surface area (TPSA) is 79.1 Å². The molecule has 26 heavy (non-hydrogen) atoms. The van der Waals surface area contributed by atoms with Crippen molar-refractivity contribution in [3.05, 3.63) is 22.9 Å². The summed E-state index contributed by atoms with van der Waals surface area (Å²) in [6, 6.07) is 0.659. The van der Waals surface area contributed by atoms with E-state index in [1.807, 2.05) is 0 Å². The van der Waals surface area contributed by atoms with Gasteiger partial charge in [0.15, 0.2) is 0 Å². The number of nitrogens with one attached hydrogen (secondary N) is 2. The number of fused-ring (bicyclic) bond motifs is 1. The summed E-state index contributed by atoms with van der Waals surface area (Å²) in [6.45, 7) is 5.32. The van der Waals surface area contributed by atoms with E-state index in [0.717, 1.165) is 57.1 Å². The predicted octanol–water partition coefficient (Wildman–Crippen LogP) is 2.12. The number of nitrogens with zero attached hydrogens (tertiary/aromatic N) is 3. The average molecular weight is 357 g/mol. The molecular weight excluding hydrogens is 324 g/mol. The Hall–Kier alpha value is -1.66. The molecule has 4 N–H and O–H groups in total. The normalized spacial score (nSPS) is 24.5. The van der Waals surface area contributed by atoms with Gasteiger partial charge in [-0.15, -0.1) is 0 Å². The van der Waals surface area contributed by atoms with Gasteiger partial charge in [0.2, 0.25) is 5.95 Å². The molecule has 4 rings (SSSR count). The number of anilines is 2. The quantitative estimate of drug-likeness (QED) is 0.717. The highest BCUT2D eigenvalue weighted by atomic mass is 15.2. The third kappa shape index (κ3) is 4.18. The van der Waals surface area contributed by atoms with Gasteiger partial charge in [0.25, 0.3) is 0 Å². The first-order valence-electron chi connectivity index (χ1n) is 10.3. The highest BCUT2D eigenvalue weighted by Gasteiger charge is 2.25. The van der Waals surface area contributed by atoms with E-state index in [1.54, 1.807) is 0 Å². The van der Waals surface area contributed by atoms with Crippen molar-refractivity contribution in [1.29, 1.82) is 0 Å². The first-order chi connectivity index (χ1) is 12.8. The van der Waals surface area contributed by atoms with Crippen LogP contribution in [-0.2, 0) is 12.8 Å². The summed E-state index contributed by atoms with van der Waals surface area (Å²) in [7, 11) is 0. The maximum Gasteiger partial charge on any atom is 0.222 e. The Morgan fingerprint density at radius 2 is 2.08 bits per heavy atom. The van der Waals surface area contributed by atoms with Crippen LogP contribution in [0.25, 0.3) is 0 Å². The number of piperidine rings is 1. The molecule has 142 valence electrons. The maximum atomic E-state index is 6.02. The molecule has 6 heteroatoms. The predicted molar refractivity (Wildman–Crippen MR) is 106 cm³/mol. The summed E-state index contributed by atoms with van der Waals surface area (Å²) in [5.74, 6) is 1.36. The molecular formula is C20H32N6. The molecule has 0 saturated carbocycles. The maximum absolute atomic E-state index is 6.02. The van der Waals surface area contributed by atoms with E-state index >= 15 is 0 Å². The molecule has 0 bridgehead atoms. The standard InChI is InChI=1S/C20H32N6/c21-20-24-18-9-12-26(16-7-4-10-22-14-16)11-8-17(18)19(25-20)23-13-15-5-2-1-3-6-15/h5,16,22H,1-4,6-14H2,(H3,21,23,24,25)/t16-/m0/s1. The van der Waals surface area contributed by atoms with Crippen LogP contribution < -0.4 is 16.4 Å². The Morgan fingerprint density at radius 3 is 2.88 bits per heavy atom. The largest absolute Gasteiger partial charge is 0.368 e. The Bertz CT molecular complexity index is 650. The van der Waals surface area contributed by atoms with E-state index in [0.29, 0.717) is 12.0 Å². The molecule has 0 amide bonds. The third-order valence-corrected chi connectivity index (χ3v) is 6.05. The summed E-state index contributed by atoms with van der Waals surface area (Å²) < 4.78 is 0. The zero-order chi connectivity index (χ0) is 17.8. The van der Waals surface area contributed by atoms with Crippen molar-refractivity contribution in [1.82, 2.24) is 20.2 Å². The fourth-order valence-electron chi connectivity index (χ4n) is 4.55. The highest BCUT2D eigenvalue weighted by Crippen LogP contribution is 2.25. The summed E-state index contributed by atoms with van der Waals surface area (Å²) >= 11 is 0. The smallest absolute Gasteiger partial charge is 0.222 e. The van der Waals surface area contributed by atoms with Gasteiger partial charge in [0, 0.05) is 44.2 Å². The number of hydrogen-bond donors (Lipinski definition) is 3. The van der Waals surface area contributed by atoms with Gasteiger partial charge in [0.05, 0.1) is 5.69 Å². The molecule has 1 atom stereocenters. The van der Waals surface area contributed by atoms with Gasteiger partial charge in [0.1, 0.15) is 5.82 Å². The zero-order valence-electron chi connectivity index (χ0n) is 15.8. The van der Waals surface area contributed by atoms with E-state index in [4.69, 9.17) is 5.73 Å². The molecule has 3 heterocycles. The van der Waals surface area contributed by atoms with E-state index in [2.05, 4.69) is 31.6 Å². The SMILES string of the molecule is Nc1nc2c(c(NCC3=CCCCC3)n1)CCN([C@H]1CCCNC1)CC2. The number of rotatable bonds is 4. The fraction of sp³-hybridized carbons (Fsp3) is 0.700. The minimum Gasteiger partial charge on any atom is -0.368 e. The van der Waals surface area contributed by atoms with Gasteiger partial charge >= 0.3 is 0 Å². The Kier molecular flexibility index (Phi) is 5.70. The van der Waals surface area contributed by atoms with Crippen LogP contribution in [0.2, 0.25) is 0 Å². The number of hydrogen-bond acceptors (Lipinski definition) is 6. The van der Waals surface area contributed by atoms with Crippen LogP contribution in [0.1, 0.15) is 49.8 Å².